The first kappa shape index (κ1) is 16.2. The van der Waals surface area contributed by atoms with Crippen molar-refractivity contribution in [3.05, 3.63) is 23.2 Å². The van der Waals surface area contributed by atoms with Gasteiger partial charge >= 0.3 is 5.97 Å². The number of thioether (sulfide) groups is 1. The van der Waals surface area contributed by atoms with Crippen molar-refractivity contribution in [2.24, 2.45) is 11.8 Å². The van der Waals surface area contributed by atoms with E-state index in [-0.39, 0.29) is 5.75 Å². The number of hydrogen-bond acceptors (Lipinski definition) is 3. The Hall–Kier alpha value is -1.20. The topological polar surface area (TPSA) is 55.1 Å². The van der Waals surface area contributed by atoms with Gasteiger partial charge in [0.25, 0.3) is 0 Å². The van der Waals surface area contributed by atoms with Gasteiger partial charge in [0.2, 0.25) is 0 Å². The van der Waals surface area contributed by atoms with Gasteiger partial charge in [-0.05, 0) is 30.0 Å². The molecule has 1 N–H and O–H groups in total. The summed E-state index contributed by atoms with van der Waals surface area (Å²) < 4.78 is 2.10. The van der Waals surface area contributed by atoms with Gasteiger partial charge in [0.1, 0.15) is 0 Å². The lowest BCUT2D eigenvalue weighted by Gasteiger charge is -2.18. The van der Waals surface area contributed by atoms with Crippen molar-refractivity contribution in [1.82, 2.24) is 9.55 Å². The lowest BCUT2D eigenvalue weighted by molar-refractivity contribution is -0.133. The highest BCUT2D eigenvalue weighted by molar-refractivity contribution is 7.99. The van der Waals surface area contributed by atoms with Gasteiger partial charge < -0.3 is 9.67 Å². The third kappa shape index (κ3) is 3.92. The lowest BCUT2D eigenvalue weighted by Crippen LogP contribution is -2.14. The number of carboxylic acids is 1. The van der Waals surface area contributed by atoms with Crippen LogP contribution in [-0.4, -0.2) is 26.4 Å². The minimum absolute atomic E-state index is 0.00706. The molecule has 2 aromatic rings. The van der Waals surface area contributed by atoms with Gasteiger partial charge in [-0.2, -0.15) is 0 Å². The van der Waals surface area contributed by atoms with Crippen LogP contribution in [0.4, 0.5) is 0 Å². The van der Waals surface area contributed by atoms with Gasteiger partial charge in [-0.15, -0.1) is 0 Å². The number of halogens is 1. The van der Waals surface area contributed by atoms with Crippen LogP contribution in [0.5, 0.6) is 0 Å². The number of rotatable bonds is 6. The first-order valence-corrected chi connectivity index (χ1v) is 8.25. The summed E-state index contributed by atoms with van der Waals surface area (Å²) in [4.78, 5) is 15.3. The zero-order valence-corrected chi connectivity index (χ0v) is 13.9. The summed E-state index contributed by atoms with van der Waals surface area (Å²) in [5.74, 6) is 0.190. The van der Waals surface area contributed by atoms with Crippen molar-refractivity contribution in [2.75, 3.05) is 5.75 Å². The van der Waals surface area contributed by atoms with E-state index in [1.807, 2.05) is 18.2 Å². The van der Waals surface area contributed by atoms with E-state index in [2.05, 4.69) is 30.3 Å². The third-order valence-corrected chi connectivity index (χ3v) is 4.80. The maximum absolute atomic E-state index is 10.8. The Bertz CT molecular complexity index is 654. The molecule has 4 nitrogen and oxygen atoms in total. The Balaban J connectivity index is 2.41. The van der Waals surface area contributed by atoms with Crippen molar-refractivity contribution >= 4 is 40.4 Å². The van der Waals surface area contributed by atoms with Crippen LogP contribution in [0.25, 0.3) is 11.0 Å². The van der Waals surface area contributed by atoms with Crippen molar-refractivity contribution in [3.8, 4) is 0 Å². The van der Waals surface area contributed by atoms with Crippen LogP contribution >= 0.6 is 23.4 Å². The Labute approximate surface area is 133 Å². The van der Waals surface area contributed by atoms with Crippen molar-refractivity contribution in [3.63, 3.8) is 0 Å². The summed E-state index contributed by atoms with van der Waals surface area (Å²) in [5, 5.41) is 10.3. The van der Waals surface area contributed by atoms with E-state index in [1.54, 1.807) is 0 Å². The van der Waals surface area contributed by atoms with Gasteiger partial charge in [0.15, 0.2) is 5.16 Å². The molecule has 0 aliphatic rings. The number of fused-ring (bicyclic) bond motifs is 1. The minimum atomic E-state index is -0.839. The highest BCUT2D eigenvalue weighted by Gasteiger charge is 2.16. The first-order valence-electron chi connectivity index (χ1n) is 6.89. The molecule has 0 saturated carbocycles. The molecule has 0 bridgehead atoms. The van der Waals surface area contributed by atoms with E-state index < -0.39 is 5.97 Å². The van der Waals surface area contributed by atoms with E-state index in [9.17, 15) is 4.79 Å². The molecule has 0 fully saturated rings. The highest BCUT2D eigenvalue weighted by Crippen LogP contribution is 2.28. The Kier molecular flexibility index (Phi) is 5.17. The summed E-state index contributed by atoms with van der Waals surface area (Å²) >= 11 is 7.26. The third-order valence-electron chi connectivity index (χ3n) is 3.61. The summed E-state index contributed by atoms with van der Waals surface area (Å²) in [7, 11) is 0. The number of hydrogen-bond donors (Lipinski definition) is 1. The van der Waals surface area contributed by atoms with Crippen molar-refractivity contribution < 1.29 is 9.90 Å². The average molecular weight is 327 g/mol. The Morgan fingerprint density at radius 1 is 1.43 bits per heavy atom. The molecule has 1 heterocycles. The van der Waals surface area contributed by atoms with Gasteiger partial charge in [-0.1, -0.05) is 44.1 Å². The molecule has 1 aromatic carbocycles. The number of aliphatic carboxylic acids is 1. The summed E-state index contributed by atoms with van der Waals surface area (Å²) in [6.45, 7) is 7.38. The molecule has 21 heavy (non-hydrogen) atoms. The van der Waals surface area contributed by atoms with Gasteiger partial charge in [0.05, 0.1) is 16.8 Å². The van der Waals surface area contributed by atoms with E-state index in [0.29, 0.717) is 16.9 Å². The molecular formula is C15H19ClN2O2S. The molecule has 0 aliphatic heterocycles. The van der Waals surface area contributed by atoms with E-state index >= 15 is 0 Å². The fourth-order valence-electron chi connectivity index (χ4n) is 1.99. The SMILES string of the molecule is CC(C)C(C)Cn1c(SCC(=O)O)nc2cc(Cl)ccc21. The zero-order chi connectivity index (χ0) is 15.6. The molecule has 0 radical (unpaired) electrons. The second-order valence-electron chi connectivity index (χ2n) is 5.54. The summed E-state index contributed by atoms with van der Waals surface area (Å²) in [6, 6.07) is 5.61. The normalized spacial score (nSPS) is 13.0. The Morgan fingerprint density at radius 2 is 2.14 bits per heavy atom. The summed E-state index contributed by atoms with van der Waals surface area (Å²) in [5.41, 5.74) is 1.81. The number of carbonyl (C=O) groups is 1. The van der Waals surface area contributed by atoms with Crippen LogP contribution in [0.15, 0.2) is 23.4 Å². The maximum Gasteiger partial charge on any atom is 0.313 e. The van der Waals surface area contributed by atoms with Crippen LogP contribution in [-0.2, 0) is 11.3 Å². The second kappa shape index (κ2) is 6.71. The molecule has 0 spiro atoms. The largest absolute Gasteiger partial charge is 0.481 e. The molecule has 6 heteroatoms. The number of aromatic nitrogens is 2. The van der Waals surface area contributed by atoms with Crippen LogP contribution in [0.3, 0.4) is 0 Å². The van der Waals surface area contributed by atoms with Gasteiger partial charge in [0, 0.05) is 11.6 Å². The first-order chi connectivity index (χ1) is 9.88. The van der Waals surface area contributed by atoms with Gasteiger partial charge in [-0.25, -0.2) is 4.98 Å². The van der Waals surface area contributed by atoms with Crippen LogP contribution in [0, 0.1) is 11.8 Å². The number of benzene rings is 1. The maximum atomic E-state index is 10.8. The predicted molar refractivity (Wildman–Crippen MR) is 87.1 cm³/mol. The molecule has 2 rings (SSSR count). The lowest BCUT2D eigenvalue weighted by atomic mass is 9.98. The molecular weight excluding hydrogens is 308 g/mol. The van der Waals surface area contributed by atoms with E-state index in [0.717, 1.165) is 22.7 Å². The van der Waals surface area contributed by atoms with Gasteiger partial charge in [-0.3, -0.25) is 4.79 Å². The zero-order valence-electron chi connectivity index (χ0n) is 12.3. The van der Waals surface area contributed by atoms with Crippen LogP contribution in [0.2, 0.25) is 5.02 Å². The molecule has 1 atom stereocenters. The molecule has 0 amide bonds. The van der Waals surface area contributed by atoms with Crippen LogP contribution < -0.4 is 0 Å². The number of nitrogens with zero attached hydrogens (tertiary/aromatic N) is 2. The quantitative estimate of drug-likeness (QED) is 0.810. The number of carboxylic acid groups (broad SMARTS) is 1. The minimum Gasteiger partial charge on any atom is -0.481 e. The molecule has 0 saturated heterocycles. The average Bonchev–Trinajstić information content (AvgIpc) is 2.73. The van der Waals surface area contributed by atoms with Crippen molar-refractivity contribution in [1.29, 1.82) is 0 Å². The molecule has 1 unspecified atom stereocenters. The van der Waals surface area contributed by atoms with Crippen LogP contribution in [0.1, 0.15) is 20.8 Å². The van der Waals surface area contributed by atoms with E-state index in [1.165, 1.54) is 11.8 Å². The molecule has 1 aromatic heterocycles. The predicted octanol–water partition coefficient (Wildman–Crippen LogP) is 4.16. The van der Waals surface area contributed by atoms with Crippen molar-refractivity contribution in [2.45, 2.75) is 32.5 Å². The standard InChI is InChI=1S/C15H19ClN2O2S/c1-9(2)10(3)7-18-13-5-4-11(16)6-12(13)17-15(18)21-8-14(19)20/h4-6,9-10H,7-8H2,1-3H3,(H,19,20). The summed E-state index contributed by atoms with van der Waals surface area (Å²) in [6.07, 6.45) is 0. The second-order valence-corrected chi connectivity index (χ2v) is 6.92. The molecule has 0 aliphatic carbocycles. The molecule has 114 valence electrons. The monoisotopic (exact) mass is 326 g/mol. The smallest absolute Gasteiger partial charge is 0.313 e. The van der Waals surface area contributed by atoms with E-state index in [4.69, 9.17) is 16.7 Å². The fourth-order valence-corrected chi connectivity index (χ4v) is 2.90. The highest BCUT2D eigenvalue weighted by atomic mass is 35.5. The fraction of sp³-hybridized carbons (Fsp3) is 0.467. The number of imidazole rings is 1. The Morgan fingerprint density at radius 3 is 2.76 bits per heavy atom.